The Bertz CT molecular complexity index is 513. The molecule has 108 valence electrons. The van der Waals surface area contributed by atoms with E-state index in [0.29, 0.717) is 5.56 Å². The van der Waals surface area contributed by atoms with Gasteiger partial charge >= 0.3 is 6.18 Å². The van der Waals surface area contributed by atoms with Gasteiger partial charge in [0.2, 0.25) is 0 Å². The SMILES string of the molecule is OC(CNC(c1ccccc1)C(F)(F)F)c1ccsc1. The molecule has 2 N–H and O–H groups in total. The average Bonchev–Trinajstić information content (AvgIpc) is 2.92. The summed E-state index contributed by atoms with van der Waals surface area (Å²) in [5.74, 6) is 0. The van der Waals surface area contributed by atoms with Crippen molar-refractivity contribution in [1.29, 1.82) is 0 Å². The number of rotatable bonds is 5. The van der Waals surface area contributed by atoms with Gasteiger partial charge < -0.3 is 5.11 Å². The molecule has 2 nitrogen and oxygen atoms in total. The molecule has 2 aromatic rings. The van der Waals surface area contributed by atoms with E-state index in [9.17, 15) is 18.3 Å². The summed E-state index contributed by atoms with van der Waals surface area (Å²) >= 11 is 1.39. The largest absolute Gasteiger partial charge is 0.407 e. The first-order valence-electron chi connectivity index (χ1n) is 6.03. The van der Waals surface area contributed by atoms with Crippen molar-refractivity contribution in [2.24, 2.45) is 0 Å². The lowest BCUT2D eigenvalue weighted by Crippen LogP contribution is -2.36. The molecule has 0 aliphatic rings. The third-order valence-electron chi connectivity index (χ3n) is 2.90. The highest BCUT2D eigenvalue weighted by atomic mass is 32.1. The van der Waals surface area contributed by atoms with Crippen molar-refractivity contribution in [2.45, 2.75) is 18.3 Å². The Hall–Kier alpha value is -1.37. The number of hydrogen-bond acceptors (Lipinski definition) is 3. The fourth-order valence-electron chi connectivity index (χ4n) is 1.88. The molecule has 0 amide bonds. The Kier molecular flexibility index (Phi) is 4.80. The number of alkyl halides is 3. The van der Waals surface area contributed by atoms with Crippen LogP contribution in [0, 0.1) is 0 Å². The van der Waals surface area contributed by atoms with Gasteiger partial charge in [0.15, 0.2) is 0 Å². The van der Waals surface area contributed by atoms with Crippen molar-refractivity contribution >= 4 is 11.3 Å². The highest BCUT2D eigenvalue weighted by Crippen LogP contribution is 2.32. The first kappa shape index (κ1) is 15.0. The number of benzene rings is 1. The predicted molar refractivity (Wildman–Crippen MR) is 72.5 cm³/mol. The molecule has 0 aliphatic carbocycles. The van der Waals surface area contributed by atoms with Crippen LogP contribution in [0.2, 0.25) is 0 Å². The maximum absolute atomic E-state index is 13.1. The lowest BCUT2D eigenvalue weighted by Gasteiger charge is -2.23. The van der Waals surface area contributed by atoms with Crippen LogP contribution < -0.4 is 5.32 Å². The van der Waals surface area contributed by atoms with Gasteiger partial charge in [-0.05, 0) is 28.0 Å². The van der Waals surface area contributed by atoms with E-state index in [1.807, 2.05) is 0 Å². The number of aliphatic hydroxyl groups excluding tert-OH is 1. The Morgan fingerprint density at radius 3 is 2.35 bits per heavy atom. The Morgan fingerprint density at radius 2 is 1.80 bits per heavy atom. The van der Waals surface area contributed by atoms with Gasteiger partial charge in [-0.3, -0.25) is 5.32 Å². The number of hydrogen-bond donors (Lipinski definition) is 2. The summed E-state index contributed by atoms with van der Waals surface area (Å²) in [4.78, 5) is 0. The molecule has 2 unspecified atom stereocenters. The second kappa shape index (κ2) is 6.39. The maximum atomic E-state index is 13.1. The first-order valence-corrected chi connectivity index (χ1v) is 6.98. The van der Waals surface area contributed by atoms with Crippen LogP contribution in [0.15, 0.2) is 47.2 Å². The lowest BCUT2D eigenvalue weighted by atomic mass is 10.1. The van der Waals surface area contributed by atoms with Gasteiger partial charge in [0.1, 0.15) is 6.04 Å². The molecule has 1 aromatic carbocycles. The van der Waals surface area contributed by atoms with E-state index in [1.54, 1.807) is 35.0 Å². The summed E-state index contributed by atoms with van der Waals surface area (Å²) in [6, 6.07) is 7.54. The van der Waals surface area contributed by atoms with Gasteiger partial charge in [0.05, 0.1) is 6.10 Å². The normalized spacial score (nSPS) is 15.0. The van der Waals surface area contributed by atoms with Crippen molar-refractivity contribution in [3.63, 3.8) is 0 Å². The summed E-state index contributed by atoms with van der Waals surface area (Å²) in [6.45, 7) is -0.157. The lowest BCUT2D eigenvalue weighted by molar-refractivity contribution is -0.158. The topological polar surface area (TPSA) is 32.3 Å². The van der Waals surface area contributed by atoms with Gasteiger partial charge in [0, 0.05) is 6.54 Å². The Labute approximate surface area is 118 Å². The molecular weight excluding hydrogens is 287 g/mol. The average molecular weight is 301 g/mol. The predicted octanol–water partition coefficient (Wildman–Crippen LogP) is 3.67. The van der Waals surface area contributed by atoms with E-state index in [2.05, 4.69) is 5.32 Å². The Morgan fingerprint density at radius 1 is 1.10 bits per heavy atom. The van der Waals surface area contributed by atoms with E-state index in [1.165, 1.54) is 23.5 Å². The smallest absolute Gasteiger partial charge is 0.387 e. The van der Waals surface area contributed by atoms with Crippen molar-refractivity contribution in [1.82, 2.24) is 5.32 Å². The number of aliphatic hydroxyl groups is 1. The van der Waals surface area contributed by atoms with Crippen LogP contribution in [0.1, 0.15) is 23.3 Å². The van der Waals surface area contributed by atoms with Gasteiger partial charge in [0.25, 0.3) is 0 Å². The van der Waals surface area contributed by atoms with Crippen molar-refractivity contribution in [3.8, 4) is 0 Å². The molecule has 2 rings (SSSR count). The minimum Gasteiger partial charge on any atom is -0.387 e. The molecule has 0 saturated carbocycles. The van der Waals surface area contributed by atoms with Crippen molar-refractivity contribution < 1.29 is 18.3 Å². The number of thiophene rings is 1. The summed E-state index contributed by atoms with van der Waals surface area (Å²) in [5, 5.41) is 15.7. The minimum atomic E-state index is -4.41. The standard InChI is InChI=1S/C14H14F3NOS/c15-14(16,17)13(10-4-2-1-3-5-10)18-8-12(19)11-6-7-20-9-11/h1-7,9,12-13,18-19H,8H2. The van der Waals surface area contributed by atoms with Gasteiger partial charge in [-0.2, -0.15) is 24.5 Å². The second-order valence-electron chi connectivity index (χ2n) is 4.37. The summed E-state index contributed by atoms with van der Waals surface area (Å²) in [7, 11) is 0. The molecule has 20 heavy (non-hydrogen) atoms. The molecule has 0 spiro atoms. The zero-order valence-electron chi connectivity index (χ0n) is 10.5. The molecule has 1 heterocycles. The molecule has 1 aromatic heterocycles. The summed E-state index contributed by atoms with van der Waals surface area (Å²) < 4.78 is 39.2. The van der Waals surface area contributed by atoms with Gasteiger partial charge in [-0.25, -0.2) is 0 Å². The molecule has 0 radical (unpaired) electrons. The van der Waals surface area contributed by atoms with Crippen LogP contribution in [-0.4, -0.2) is 17.8 Å². The highest BCUT2D eigenvalue weighted by Gasteiger charge is 2.40. The van der Waals surface area contributed by atoms with Crippen molar-refractivity contribution in [3.05, 3.63) is 58.3 Å². The molecule has 0 bridgehead atoms. The van der Waals surface area contributed by atoms with Gasteiger partial charge in [-0.1, -0.05) is 30.3 Å². The molecule has 0 fully saturated rings. The molecule has 2 atom stereocenters. The second-order valence-corrected chi connectivity index (χ2v) is 5.15. The van der Waals surface area contributed by atoms with Gasteiger partial charge in [-0.15, -0.1) is 0 Å². The zero-order valence-corrected chi connectivity index (χ0v) is 11.3. The summed E-state index contributed by atoms with van der Waals surface area (Å²) in [5.41, 5.74) is 0.758. The van der Waals surface area contributed by atoms with Crippen LogP contribution in [0.5, 0.6) is 0 Å². The van der Waals surface area contributed by atoms with E-state index in [-0.39, 0.29) is 12.1 Å². The van der Waals surface area contributed by atoms with Crippen LogP contribution in [0.3, 0.4) is 0 Å². The van der Waals surface area contributed by atoms with Crippen LogP contribution in [-0.2, 0) is 0 Å². The molecule has 6 heteroatoms. The fraction of sp³-hybridized carbons (Fsp3) is 0.286. The summed E-state index contributed by atoms with van der Waals surface area (Å²) in [6.07, 6.45) is -5.36. The minimum absolute atomic E-state index is 0.137. The molecule has 0 aliphatic heterocycles. The quantitative estimate of drug-likeness (QED) is 0.883. The van der Waals surface area contributed by atoms with Crippen LogP contribution >= 0.6 is 11.3 Å². The maximum Gasteiger partial charge on any atom is 0.407 e. The molecule has 0 saturated heterocycles. The number of halogens is 3. The van der Waals surface area contributed by atoms with Crippen LogP contribution in [0.4, 0.5) is 13.2 Å². The fourth-order valence-corrected chi connectivity index (χ4v) is 2.59. The van der Waals surface area contributed by atoms with E-state index < -0.39 is 18.3 Å². The number of nitrogens with one attached hydrogen (secondary N) is 1. The highest BCUT2D eigenvalue weighted by molar-refractivity contribution is 7.07. The zero-order chi connectivity index (χ0) is 14.6. The monoisotopic (exact) mass is 301 g/mol. The van der Waals surface area contributed by atoms with Crippen molar-refractivity contribution in [2.75, 3.05) is 6.54 Å². The van der Waals surface area contributed by atoms with E-state index in [4.69, 9.17) is 0 Å². The molecular formula is C14H14F3NOS. The first-order chi connectivity index (χ1) is 9.48. The third-order valence-corrected chi connectivity index (χ3v) is 3.60. The van der Waals surface area contributed by atoms with E-state index >= 15 is 0 Å². The Balaban J connectivity index is 2.06. The van der Waals surface area contributed by atoms with Crippen LogP contribution in [0.25, 0.3) is 0 Å². The third kappa shape index (κ3) is 3.82. The van der Waals surface area contributed by atoms with E-state index in [0.717, 1.165) is 0 Å².